The summed E-state index contributed by atoms with van der Waals surface area (Å²) in [5.41, 5.74) is 3.00. The van der Waals surface area contributed by atoms with E-state index in [0.717, 1.165) is 24.1 Å². The molecule has 2 N–H and O–H groups in total. The minimum absolute atomic E-state index is 0.0309. The van der Waals surface area contributed by atoms with Gasteiger partial charge in [-0.3, -0.25) is 19.4 Å². The number of carbonyl (C=O) groups excluding carboxylic acids is 3. The molecule has 3 aromatic rings. The first-order valence-corrected chi connectivity index (χ1v) is 11.6. The van der Waals surface area contributed by atoms with E-state index in [2.05, 4.69) is 20.6 Å². The van der Waals surface area contributed by atoms with Crippen LogP contribution in [0.3, 0.4) is 0 Å². The van der Waals surface area contributed by atoms with E-state index in [-0.39, 0.29) is 36.7 Å². The zero-order valence-electron chi connectivity index (χ0n) is 18.3. The lowest BCUT2D eigenvalue weighted by Crippen LogP contribution is -2.39. The molecule has 0 bridgehead atoms. The number of carbonyl (C=O) groups is 3. The van der Waals surface area contributed by atoms with Crippen molar-refractivity contribution in [1.29, 1.82) is 0 Å². The molecule has 3 amide bonds. The summed E-state index contributed by atoms with van der Waals surface area (Å²) < 4.78 is 0. The molecule has 0 aliphatic heterocycles. The minimum atomic E-state index is -0.303. The molecule has 1 aliphatic carbocycles. The third-order valence-electron chi connectivity index (χ3n) is 5.19. The minimum Gasteiger partial charge on any atom is -0.350 e. The summed E-state index contributed by atoms with van der Waals surface area (Å²) in [5.74, 6) is -0.618. The Morgan fingerprint density at radius 3 is 2.55 bits per heavy atom. The van der Waals surface area contributed by atoms with Gasteiger partial charge < -0.3 is 15.5 Å². The van der Waals surface area contributed by atoms with Crippen LogP contribution in [0, 0.1) is 6.92 Å². The van der Waals surface area contributed by atoms with Crippen LogP contribution in [-0.2, 0) is 22.6 Å². The first-order chi connectivity index (χ1) is 16.0. The molecule has 0 atom stereocenters. The van der Waals surface area contributed by atoms with Gasteiger partial charge in [0.15, 0.2) is 5.13 Å². The Kier molecular flexibility index (Phi) is 7.09. The van der Waals surface area contributed by atoms with Crippen LogP contribution in [0.5, 0.6) is 0 Å². The Morgan fingerprint density at radius 2 is 1.85 bits per heavy atom. The fraction of sp³-hybridized carbons (Fsp3) is 0.292. The van der Waals surface area contributed by atoms with E-state index in [1.54, 1.807) is 28.6 Å². The number of anilines is 1. The monoisotopic (exact) mass is 463 g/mol. The predicted octanol–water partition coefficient (Wildman–Crippen LogP) is 2.95. The summed E-state index contributed by atoms with van der Waals surface area (Å²) in [6.07, 6.45) is 3.59. The number of rotatable bonds is 9. The topological polar surface area (TPSA) is 104 Å². The molecule has 33 heavy (non-hydrogen) atoms. The number of benzene rings is 1. The van der Waals surface area contributed by atoms with E-state index >= 15 is 0 Å². The molecule has 0 radical (unpaired) electrons. The molecule has 0 saturated heterocycles. The third-order valence-corrected chi connectivity index (χ3v) is 6.00. The van der Waals surface area contributed by atoms with Gasteiger partial charge in [0.1, 0.15) is 6.54 Å². The van der Waals surface area contributed by atoms with Crippen molar-refractivity contribution in [2.75, 3.05) is 11.9 Å². The van der Waals surface area contributed by atoms with Gasteiger partial charge in [-0.2, -0.15) is 0 Å². The Labute approximate surface area is 196 Å². The highest BCUT2D eigenvalue weighted by molar-refractivity contribution is 7.13. The van der Waals surface area contributed by atoms with Gasteiger partial charge in [-0.15, -0.1) is 11.3 Å². The molecule has 0 unspecified atom stereocenters. The van der Waals surface area contributed by atoms with Crippen LogP contribution in [0.1, 0.15) is 40.2 Å². The fourth-order valence-corrected chi connectivity index (χ4v) is 4.02. The van der Waals surface area contributed by atoms with E-state index in [1.165, 1.54) is 11.3 Å². The van der Waals surface area contributed by atoms with Gasteiger partial charge in [-0.1, -0.05) is 23.8 Å². The summed E-state index contributed by atoms with van der Waals surface area (Å²) in [5, 5.41) is 7.71. The Bertz CT molecular complexity index is 1130. The lowest BCUT2D eigenvalue weighted by Gasteiger charge is -2.21. The summed E-state index contributed by atoms with van der Waals surface area (Å²) in [6, 6.07) is 13.0. The molecule has 1 aromatic carbocycles. The lowest BCUT2D eigenvalue weighted by atomic mass is 10.1. The quantitative estimate of drug-likeness (QED) is 0.508. The lowest BCUT2D eigenvalue weighted by molar-refractivity contribution is -0.120. The molecule has 8 nitrogen and oxygen atoms in total. The molecule has 1 aliphatic rings. The van der Waals surface area contributed by atoms with E-state index in [1.807, 2.05) is 37.3 Å². The maximum absolute atomic E-state index is 12.9. The highest BCUT2D eigenvalue weighted by Gasteiger charge is 2.34. The molecule has 1 fully saturated rings. The van der Waals surface area contributed by atoms with Crippen molar-refractivity contribution < 1.29 is 14.4 Å². The molecule has 2 aromatic heterocycles. The first kappa shape index (κ1) is 22.6. The number of nitrogens with zero attached hydrogens (tertiary/aromatic N) is 3. The van der Waals surface area contributed by atoms with Gasteiger partial charge in [0, 0.05) is 23.2 Å². The van der Waals surface area contributed by atoms with Crippen molar-refractivity contribution in [3.63, 3.8) is 0 Å². The largest absolute Gasteiger partial charge is 0.350 e. The van der Waals surface area contributed by atoms with Crippen molar-refractivity contribution in [2.45, 2.75) is 38.8 Å². The smallest absolute Gasteiger partial charge is 0.254 e. The van der Waals surface area contributed by atoms with E-state index in [0.29, 0.717) is 22.9 Å². The van der Waals surface area contributed by atoms with Gasteiger partial charge >= 0.3 is 0 Å². The number of thiazole rings is 1. The van der Waals surface area contributed by atoms with E-state index < -0.39 is 0 Å². The Balaban J connectivity index is 1.29. The van der Waals surface area contributed by atoms with E-state index in [9.17, 15) is 14.4 Å². The molecule has 1 saturated carbocycles. The van der Waals surface area contributed by atoms with Crippen molar-refractivity contribution in [3.8, 4) is 0 Å². The number of aryl methyl sites for hydroxylation is 1. The van der Waals surface area contributed by atoms with Gasteiger partial charge in [0.25, 0.3) is 5.91 Å². The van der Waals surface area contributed by atoms with Crippen LogP contribution < -0.4 is 10.6 Å². The second-order valence-corrected chi connectivity index (χ2v) is 8.86. The van der Waals surface area contributed by atoms with Crippen LogP contribution in [-0.4, -0.2) is 45.2 Å². The maximum atomic E-state index is 12.9. The van der Waals surface area contributed by atoms with Crippen LogP contribution in [0.2, 0.25) is 0 Å². The highest BCUT2D eigenvalue weighted by Crippen LogP contribution is 2.28. The van der Waals surface area contributed by atoms with Gasteiger partial charge in [-0.25, -0.2) is 4.98 Å². The van der Waals surface area contributed by atoms with Crippen LogP contribution in [0.25, 0.3) is 0 Å². The number of hydrogen-bond acceptors (Lipinski definition) is 6. The van der Waals surface area contributed by atoms with Gasteiger partial charge in [0.05, 0.1) is 24.4 Å². The number of amides is 3. The molecule has 4 rings (SSSR count). The summed E-state index contributed by atoms with van der Waals surface area (Å²) in [4.78, 5) is 47.8. The SMILES string of the molecule is Cc1ccc(C(=O)N(CC(=O)Nc2nc(CC(=O)NCc3ccccn3)cs2)C2CC2)cc1. The molecule has 2 heterocycles. The van der Waals surface area contributed by atoms with Crippen molar-refractivity contribution in [2.24, 2.45) is 0 Å². The molecular weight excluding hydrogens is 438 g/mol. The fourth-order valence-electron chi connectivity index (χ4n) is 3.29. The van der Waals surface area contributed by atoms with Gasteiger partial charge in [0.2, 0.25) is 11.8 Å². The van der Waals surface area contributed by atoms with Crippen molar-refractivity contribution in [1.82, 2.24) is 20.2 Å². The number of aromatic nitrogens is 2. The average Bonchev–Trinajstić information content (AvgIpc) is 3.57. The highest BCUT2D eigenvalue weighted by atomic mass is 32.1. The van der Waals surface area contributed by atoms with Crippen LogP contribution >= 0.6 is 11.3 Å². The van der Waals surface area contributed by atoms with E-state index in [4.69, 9.17) is 0 Å². The molecular formula is C24H25N5O3S. The second kappa shape index (κ2) is 10.4. The average molecular weight is 464 g/mol. The molecule has 170 valence electrons. The number of hydrogen-bond donors (Lipinski definition) is 2. The second-order valence-electron chi connectivity index (χ2n) is 8.00. The Morgan fingerprint density at radius 1 is 1.06 bits per heavy atom. The third kappa shape index (κ3) is 6.45. The number of pyridine rings is 1. The van der Waals surface area contributed by atoms with Crippen LogP contribution in [0.15, 0.2) is 54.0 Å². The van der Waals surface area contributed by atoms with Crippen molar-refractivity contribution in [3.05, 3.63) is 76.6 Å². The standard InChI is InChI=1S/C24H25N5O3S/c1-16-5-7-17(8-6-16)23(32)29(20-9-10-20)14-22(31)28-24-27-19(15-33-24)12-21(30)26-13-18-4-2-3-11-25-18/h2-8,11,15,20H,9-10,12-14H2,1H3,(H,26,30)(H,27,28,31). The molecule has 9 heteroatoms. The normalized spacial score (nSPS) is 12.8. The Hall–Kier alpha value is -3.59. The zero-order valence-corrected chi connectivity index (χ0v) is 19.1. The number of nitrogens with one attached hydrogen (secondary N) is 2. The zero-order chi connectivity index (χ0) is 23.2. The van der Waals surface area contributed by atoms with Crippen molar-refractivity contribution >= 4 is 34.2 Å². The maximum Gasteiger partial charge on any atom is 0.254 e. The summed E-state index contributed by atoms with van der Waals surface area (Å²) >= 11 is 1.25. The first-order valence-electron chi connectivity index (χ1n) is 10.8. The van der Waals surface area contributed by atoms with Crippen LogP contribution in [0.4, 0.5) is 5.13 Å². The van der Waals surface area contributed by atoms with Gasteiger partial charge in [-0.05, 0) is 44.0 Å². The molecule has 0 spiro atoms. The summed E-state index contributed by atoms with van der Waals surface area (Å²) in [6.45, 7) is 2.28. The summed E-state index contributed by atoms with van der Waals surface area (Å²) in [7, 11) is 0. The predicted molar refractivity (Wildman–Crippen MR) is 126 cm³/mol.